The van der Waals surface area contributed by atoms with E-state index in [-0.39, 0.29) is 11.9 Å². The Morgan fingerprint density at radius 2 is 1.88 bits per heavy atom. The van der Waals surface area contributed by atoms with Crippen LogP contribution >= 0.6 is 11.8 Å². The van der Waals surface area contributed by atoms with Gasteiger partial charge in [0.2, 0.25) is 0 Å². The van der Waals surface area contributed by atoms with Crippen molar-refractivity contribution in [1.29, 1.82) is 0 Å². The van der Waals surface area contributed by atoms with Crippen molar-refractivity contribution in [2.24, 2.45) is 4.99 Å². The van der Waals surface area contributed by atoms with Gasteiger partial charge >= 0.3 is 0 Å². The van der Waals surface area contributed by atoms with E-state index in [9.17, 15) is 4.79 Å². The van der Waals surface area contributed by atoms with E-state index in [2.05, 4.69) is 74.4 Å². The van der Waals surface area contributed by atoms with Crippen LogP contribution in [0.5, 0.6) is 0 Å². The number of thioether (sulfide) groups is 1. The number of benzene rings is 2. The van der Waals surface area contributed by atoms with Crippen LogP contribution in [0, 0.1) is 27.7 Å². The smallest absolute Gasteiger partial charge is 0.276 e. The zero-order chi connectivity index (χ0) is 18.7. The van der Waals surface area contributed by atoms with E-state index >= 15 is 0 Å². The average Bonchev–Trinajstić information content (AvgIpc) is 3.10. The number of amides is 1. The van der Waals surface area contributed by atoms with Crippen molar-refractivity contribution >= 4 is 22.7 Å². The highest BCUT2D eigenvalue weighted by Gasteiger charge is 2.22. The van der Waals surface area contributed by atoms with Gasteiger partial charge in [0, 0.05) is 12.3 Å². The average molecular weight is 367 g/mol. The molecule has 1 N–H and O–H groups in total. The fourth-order valence-corrected chi connectivity index (χ4v) is 4.25. The van der Waals surface area contributed by atoms with Gasteiger partial charge in [0.05, 0.1) is 6.04 Å². The second-order valence-corrected chi connectivity index (χ2v) is 8.13. The lowest BCUT2D eigenvalue weighted by molar-refractivity contribution is -0.115. The molecule has 0 aliphatic carbocycles. The third-order valence-electron chi connectivity index (χ3n) is 4.83. The van der Waals surface area contributed by atoms with E-state index in [1.54, 1.807) is 11.8 Å². The van der Waals surface area contributed by atoms with Crippen LogP contribution in [0.4, 0.5) is 0 Å². The van der Waals surface area contributed by atoms with E-state index in [1.165, 1.54) is 33.4 Å². The monoisotopic (exact) mass is 366 g/mol. The van der Waals surface area contributed by atoms with Gasteiger partial charge in [-0.2, -0.15) is 0 Å². The van der Waals surface area contributed by atoms with Crippen molar-refractivity contribution in [1.82, 2.24) is 5.32 Å². The summed E-state index contributed by atoms with van der Waals surface area (Å²) in [6, 6.07) is 12.8. The predicted molar refractivity (Wildman–Crippen MR) is 111 cm³/mol. The molecule has 0 radical (unpaired) electrons. The summed E-state index contributed by atoms with van der Waals surface area (Å²) in [6.45, 7) is 9.22. The molecular formula is C22H26N2OS. The molecule has 1 unspecified atom stereocenters. The number of nitrogens with one attached hydrogen (secondary N) is 1. The molecule has 4 heteroatoms. The summed E-state index contributed by atoms with van der Waals surface area (Å²) in [5, 5.41) is 3.85. The summed E-state index contributed by atoms with van der Waals surface area (Å²) in [5.41, 5.74) is 7.41. The Morgan fingerprint density at radius 3 is 2.54 bits per heavy atom. The maximum atomic E-state index is 12.7. The molecule has 0 saturated heterocycles. The third-order valence-corrected chi connectivity index (χ3v) is 5.80. The Morgan fingerprint density at radius 1 is 1.15 bits per heavy atom. The quantitative estimate of drug-likeness (QED) is 0.848. The van der Waals surface area contributed by atoms with Gasteiger partial charge in [-0.3, -0.25) is 9.79 Å². The molecule has 3 nitrogen and oxygen atoms in total. The second-order valence-electron chi connectivity index (χ2n) is 7.05. The molecular weight excluding hydrogens is 340 g/mol. The van der Waals surface area contributed by atoms with Crippen LogP contribution in [-0.4, -0.2) is 23.2 Å². The minimum Gasteiger partial charge on any atom is -0.343 e. The van der Waals surface area contributed by atoms with Crippen LogP contribution in [0.3, 0.4) is 0 Å². The Hall–Kier alpha value is -2.07. The Kier molecular flexibility index (Phi) is 5.82. The summed E-state index contributed by atoms with van der Waals surface area (Å²) in [6.07, 6.45) is 0.774. The van der Waals surface area contributed by atoms with E-state index < -0.39 is 0 Å². The van der Waals surface area contributed by atoms with Gasteiger partial charge in [-0.15, -0.1) is 0 Å². The van der Waals surface area contributed by atoms with Crippen LogP contribution in [0.1, 0.15) is 39.4 Å². The van der Waals surface area contributed by atoms with Gasteiger partial charge in [0.25, 0.3) is 5.91 Å². The van der Waals surface area contributed by atoms with Gasteiger partial charge in [-0.1, -0.05) is 59.3 Å². The summed E-state index contributed by atoms with van der Waals surface area (Å²) in [7, 11) is 0. The Bertz CT molecular complexity index is 837. The number of carbonyl (C=O) groups excluding carboxylic acids is 1. The maximum Gasteiger partial charge on any atom is 0.276 e. The highest BCUT2D eigenvalue weighted by atomic mass is 32.2. The molecule has 0 spiro atoms. The molecule has 136 valence electrons. The zero-order valence-electron chi connectivity index (χ0n) is 15.9. The first-order valence-corrected chi connectivity index (χ1v) is 10.0. The summed E-state index contributed by atoms with van der Waals surface area (Å²) >= 11 is 1.54. The number of hydrogen-bond acceptors (Lipinski definition) is 3. The molecule has 26 heavy (non-hydrogen) atoms. The molecule has 1 atom stereocenters. The highest BCUT2D eigenvalue weighted by molar-refractivity contribution is 8.16. The molecule has 1 heterocycles. The molecule has 1 aliphatic rings. The number of hydrogen-bond donors (Lipinski definition) is 1. The van der Waals surface area contributed by atoms with E-state index in [0.717, 1.165) is 18.7 Å². The minimum atomic E-state index is -0.0625. The number of carbonyl (C=O) groups is 1. The van der Waals surface area contributed by atoms with Crippen molar-refractivity contribution in [2.45, 2.75) is 40.2 Å². The predicted octanol–water partition coefficient (Wildman–Crippen LogP) is 4.47. The molecule has 1 amide bonds. The van der Waals surface area contributed by atoms with Crippen LogP contribution in [-0.2, 0) is 11.2 Å². The van der Waals surface area contributed by atoms with E-state index in [1.807, 2.05) is 0 Å². The lowest BCUT2D eigenvalue weighted by atomic mass is 9.92. The van der Waals surface area contributed by atoms with Crippen LogP contribution in [0.2, 0.25) is 0 Å². The van der Waals surface area contributed by atoms with Crippen molar-refractivity contribution in [3.8, 4) is 0 Å². The number of aliphatic imine (C=N–C) groups is 1. The molecule has 2 aromatic carbocycles. The third kappa shape index (κ3) is 4.36. The lowest BCUT2D eigenvalue weighted by Gasteiger charge is -2.22. The number of rotatable bonds is 5. The van der Waals surface area contributed by atoms with Gasteiger partial charge < -0.3 is 5.32 Å². The summed E-state index contributed by atoms with van der Waals surface area (Å²) < 4.78 is 0. The summed E-state index contributed by atoms with van der Waals surface area (Å²) in [5.74, 6) is 0.844. The maximum absolute atomic E-state index is 12.7. The molecule has 0 saturated carbocycles. The Balaban J connectivity index is 1.92. The first-order valence-electron chi connectivity index (χ1n) is 9.05. The number of aryl methyl sites for hydroxylation is 3. The number of nitrogens with zero attached hydrogens (tertiary/aromatic N) is 1. The van der Waals surface area contributed by atoms with Crippen LogP contribution < -0.4 is 5.32 Å². The second kappa shape index (κ2) is 8.09. The van der Waals surface area contributed by atoms with Gasteiger partial charge in [0.1, 0.15) is 0 Å². The van der Waals surface area contributed by atoms with E-state index in [4.69, 9.17) is 0 Å². The van der Waals surface area contributed by atoms with Gasteiger partial charge in [-0.25, -0.2) is 0 Å². The first-order chi connectivity index (χ1) is 12.4. The fraction of sp³-hybridized carbons (Fsp3) is 0.364. The molecule has 0 bridgehead atoms. The van der Waals surface area contributed by atoms with Crippen molar-refractivity contribution in [3.05, 3.63) is 69.8 Å². The minimum absolute atomic E-state index is 0.0530. The molecule has 3 rings (SSSR count). The largest absolute Gasteiger partial charge is 0.343 e. The molecule has 2 aromatic rings. The molecule has 0 aromatic heterocycles. The van der Waals surface area contributed by atoms with Crippen LogP contribution in [0.15, 0.2) is 41.4 Å². The normalized spacial score (nSPS) is 14.8. The zero-order valence-corrected chi connectivity index (χ0v) is 16.7. The van der Waals surface area contributed by atoms with Gasteiger partial charge in [0.15, 0.2) is 5.04 Å². The summed E-state index contributed by atoms with van der Waals surface area (Å²) in [4.78, 5) is 17.0. The van der Waals surface area contributed by atoms with E-state index in [0.29, 0.717) is 5.04 Å². The highest BCUT2D eigenvalue weighted by Crippen LogP contribution is 2.25. The lowest BCUT2D eigenvalue weighted by Crippen LogP contribution is -2.34. The molecule has 1 aliphatic heterocycles. The van der Waals surface area contributed by atoms with Crippen molar-refractivity contribution in [3.63, 3.8) is 0 Å². The topological polar surface area (TPSA) is 41.5 Å². The first kappa shape index (κ1) is 18.7. The fourth-order valence-electron chi connectivity index (χ4n) is 3.51. The Labute approximate surface area is 160 Å². The van der Waals surface area contributed by atoms with Crippen LogP contribution in [0.25, 0.3) is 0 Å². The van der Waals surface area contributed by atoms with Crippen molar-refractivity contribution < 1.29 is 4.79 Å². The van der Waals surface area contributed by atoms with Gasteiger partial charge in [-0.05, 0) is 56.4 Å². The van der Waals surface area contributed by atoms with Crippen molar-refractivity contribution in [2.75, 3.05) is 12.3 Å². The standard InChI is InChI=1S/C22H26N2OS/c1-14-10-15(2)12-18(11-14)13-20(19-7-5-6-16(3)17(19)4)24-21(25)22-23-8-9-26-22/h5-7,10-12,20H,8-9,13H2,1-4H3,(H,24,25). The molecule has 0 fully saturated rings. The SMILES string of the molecule is Cc1cc(C)cc(CC(NC(=O)C2=NCCS2)c2cccc(C)c2C)c1.